The SMILES string of the molecule is Fc1cc(I)ccc1Nc1c(NCCc2ccccc2OC(F)(F)F)ccc(F)c1F. The van der Waals surface area contributed by atoms with Crippen LogP contribution in [0.2, 0.25) is 0 Å². The Labute approximate surface area is 187 Å². The number of alkyl halides is 3. The Morgan fingerprint density at radius 1 is 0.871 bits per heavy atom. The number of hydrogen-bond acceptors (Lipinski definition) is 3. The molecule has 0 bridgehead atoms. The van der Waals surface area contributed by atoms with Crippen molar-refractivity contribution in [2.75, 3.05) is 17.2 Å². The molecule has 3 aromatic rings. The summed E-state index contributed by atoms with van der Waals surface area (Å²) in [4.78, 5) is 0. The van der Waals surface area contributed by atoms with E-state index in [4.69, 9.17) is 0 Å². The zero-order chi connectivity index (χ0) is 22.6. The Balaban J connectivity index is 1.78. The Morgan fingerprint density at radius 3 is 2.29 bits per heavy atom. The van der Waals surface area contributed by atoms with Crippen molar-refractivity contribution in [3.63, 3.8) is 0 Å². The summed E-state index contributed by atoms with van der Waals surface area (Å²) in [6.07, 6.45) is -4.74. The van der Waals surface area contributed by atoms with Gasteiger partial charge >= 0.3 is 6.36 Å². The summed E-state index contributed by atoms with van der Waals surface area (Å²) in [7, 11) is 0. The van der Waals surface area contributed by atoms with E-state index in [0.717, 1.165) is 6.07 Å². The summed E-state index contributed by atoms with van der Waals surface area (Å²) < 4.78 is 84.6. The first-order valence-corrected chi connectivity index (χ1v) is 9.99. The molecule has 0 atom stereocenters. The second kappa shape index (κ2) is 9.67. The van der Waals surface area contributed by atoms with Crippen LogP contribution < -0.4 is 15.4 Å². The van der Waals surface area contributed by atoms with Gasteiger partial charge in [0, 0.05) is 10.1 Å². The van der Waals surface area contributed by atoms with Crippen molar-refractivity contribution >= 4 is 39.7 Å². The summed E-state index contributed by atoms with van der Waals surface area (Å²) in [6, 6.07) is 12.0. The van der Waals surface area contributed by atoms with Crippen LogP contribution in [0.15, 0.2) is 54.6 Å². The van der Waals surface area contributed by atoms with Crippen LogP contribution in [-0.4, -0.2) is 12.9 Å². The fraction of sp³-hybridized carbons (Fsp3) is 0.143. The van der Waals surface area contributed by atoms with Gasteiger partial charge in [-0.1, -0.05) is 18.2 Å². The van der Waals surface area contributed by atoms with Gasteiger partial charge < -0.3 is 15.4 Å². The number of para-hydroxylation sites is 1. The van der Waals surface area contributed by atoms with Crippen molar-refractivity contribution in [2.45, 2.75) is 12.8 Å². The van der Waals surface area contributed by atoms with Gasteiger partial charge in [0.25, 0.3) is 0 Å². The van der Waals surface area contributed by atoms with Crippen molar-refractivity contribution in [1.82, 2.24) is 0 Å². The third-order valence-electron chi connectivity index (χ3n) is 4.19. The average Bonchev–Trinajstić information content (AvgIpc) is 2.69. The van der Waals surface area contributed by atoms with Gasteiger partial charge in [-0.25, -0.2) is 13.2 Å². The van der Waals surface area contributed by atoms with E-state index in [9.17, 15) is 26.3 Å². The highest BCUT2D eigenvalue weighted by Gasteiger charge is 2.31. The average molecular weight is 552 g/mol. The predicted octanol–water partition coefficient (Wildman–Crippen LogP) is 7.01. The maximum Gasteiger partial charge on any atom is 0.573 e. The minimum atomic E-state index is -4.84. The van der Waals surface area contributed by atoms with Crippen molar-refractivity contribution in [1.29, 1.82) is 0 Å². The Kier molecular flexibility index (Phi) is 7.19. The van der Waals surface area contributed by atoms with Crippen molar-refractivity contribution in [3.05, 3.63) is 81.2 Å². The molecule has 3 nitrogen and oxygen atoms in total. The molecule has 0 saturated carbocycles. The maximum absolute atomic E-state index is 14.4. The number of ether oxygens (including phenoxy) is 1. The van der Waals surface area contributed by atoms with Crippen LogP contribution in [0.3, 0.4) is 0 Å². The monoisotopic (exact) mass is 552 g/mol. The molecular weight excluding hydrogens is 537 g/mol. The highest BCUT2D eigenvalue weighted by Crippen LogP contribution is 2.32. The fourth-order valence-corrected chi connectivity index (χ4v) is 3.27. The molecule has 0 aliphatic rings. The van der Waals surface area contributed by atoms with E-state index < -0.39 is 23.8 Å². The topological polar surface area (TPSA) is 33.3 Å². The van der Waals surface area contributed by atoms with Gasteiger partial charge in [0.1, 0.15) is 17.3 Å². The number of rotatable bonds is 7. The van der Waals surface area contributed by atoms with Crippen molar-refractivity contribution < 1.29 is 31.1 Å². The molecule has 0 radical (unpaired) electrons. The Morgan fingerprint density at radius 2 is 1.58 bits per heavy atom. The van der Waals surface area contributed by atoms with Crippen molar-refractivity contribution in [2.24, 2.45) is 0 Å². The van der Waals surface area contributed by atoms with Crippen LogP contribution in [0.4, 0.5) is 43.4 Å². The van der Waals surface area contributed by atoms with Gasteiger partial charge in [-0.2, -0.15) is 0 Å². The lowest BCUT2D eigenvalue weighted by Crippen LogP contribution is -2.18. The smallest absolute Gasteiger partial charge is 0.406 e. The Hall–Kier alpha value is -2.63. The van der Waals surface area contributed by atoms with Crippen LogP contribution in [0.5, 0.6) is 5.75 Å². The molecule has 3 aromatic carbocycles. The molecule has 0 aromatic heterocycles. The number of benzene rings is 3. The minimum Gasteiger partial charge on any atom is -0.406 e. The van der Waals surface area contributed by atoms with Crippen LogP contribution in [-0.2, 0) is 6.42 Å². The molecule has 164 valence electrons. The summed E-state index contributed by atoms with van der Waals surface area (Å²) in [5.41, 5.74) is 0.0102. The molecule has 31 heavy (non-hydrogen) atoms. The molecule has 0 unspecified atom stereocenters. The van der Waals surface area contributed by atoms with Crippen LogP contribution in [0.25, 0.3) is 0 Å². The summed E-state index contributed by atoms with van der Waals surface area (Å²) in [5.74, 6) is -3.35. The van der Waals surface area contributed by atoms with E-state index in [2.05, 4.69) is 15.4 Å². The van der Waals surface area contributed by atoms with Gasteiger partial charge in [0.05, 0.1) is 11.4 Å². The van der Waals surface area contributed by atoms with Gasteiger partial charge in [-0.15, -0.1) is 13.2 Å². The van der Waals surface area contributed by atoms with Crippen LogP contribution in [0, 0.1) is 21.0 Å². The van der Waals surface area contributed by atoms with Gasteiger partial charge in [0.15, 0.2) is 11.6 Å². The van der Waals surface area contributed by atoms with Crippen LogP contribution in [0.1, 0.15) is 5.56 Å². The molecular formula is C21H15F6IN2O. The third kappa shape index (κ3) is 6.18. The highest BCUT2D eigenvalue weighted by molar-refractivity contribution is 14.1. The molecule has 10 heteroatoms. The van der Waals surface area contributed by atoms with E-state index in [1.807, 2.05) is 22.6 Å². The largest absolute Gasteiger partial charge is 0.573 e. The molecule has 0 spiro atoms. The molecule has 0 heterocycles. The zero-order valence-electron chi connectivity index (χ0n) is 15.7. The lowest BCUT2D eigenvalue weighted by atomic mass is 10.1. The molecule has 0 aliphatic heterocycles. The zero-order valence-corrected chi connectivity index (χ0v) is 17.8. The molecule has 0 fully saturated rings. The van der Waals surface area contributed by atoms with Crippen LogP contribution >= 0.6 is 22.6 Å². The summed E-state index contributed by atoms with van der Waals surface area (Å²) in [6.45, 7) is 0.0765. The summed E-state index contributed by atoms with van der Waals surface area (Å²) in [5, 5.41) is 5.38. The molecule has 0 amide bonds. The first-order valence-electron chi connectivity index (χ1n) is 8.91. The van der Waals surface area contributed by atoms with E-state index in [0.29, 0.717) is 3.57 Å². The first-order chi connectivity index (χ1) is 14.6. The normalized spacial score (nSPS) is 11.3. The number of hydrogen-bond donors (Lipinski definition) is 2. The molecule has 0 saturated heterocycles. The molecule has 2 N–H and O–H groups in total. The quantitative estimate of drug-likeness (QED) is 0.245. The number of nitrogens with one attached hydrogen (secondary N) is 2. The van der Waals surface area contributed by atoms with E-state index in [1.165, 1.54) is 36.4 Å². The highest BCUT2D eigenvalue weighted by atomic mass is 127. The Bertz CT molecular complexity index is 1070. The second-order valence-electron chi connectivity index (χ2n) is 6.37. The standard InChI is InChI=1S/C21H15F6IN2O/c22-14-6-8-17(20(19(14)24)30-16-7-5-13(28)11-15(16)23)29-10-9-12-3-1-2-4-18(12)31-21(25,26)27/h1-8,11,29-30H,9-10H2. The second-order valence-corrected chi connectivity index (χ2v) is 7.61. The van der Waals surface area contributed by atoms with Gasteiger partial charge in [0.2, 0.25) is 0 Å². The maximum atomic E-state index is 14.4. The van der Waals surface area contributed by atoms with Gasteiger partial charge in [-0.3, -0.25) is 0 Å². The molecule has 0 aliphatic carbocycles. The summed E-state index contributed by atoms with van der Waals surface area (Å²) >= 11 is 1.91. The van der Waals surface area contributed by atoms with Gasteiger partial charge in [-0.05, 0) is 71.0 Å². The van der Waals surface area contributed by atoms with E-state index in [1.54, 1.807) is 12.1 Å². The fourth-order valence-electron chi connectivity index (χ4n) is 2.81. The minimum absolute atomic E-state index is 0.0584. The molecule has 3 rings (SSSR count). The predicted molar refractivity (Wildman–Crippen MR) is 114 cm³/mol. The number of halogens is 7. The number of anilines is 3. The van der Waals surface area contributed by atoms with E-state index in [-0.39, 0.29) is 41.3 Å². The lowest BCUT2D eigenvalue weighted by molar-refractivity contribution is -0.274. The van der Waals surface area contributed by atoms with Crippen molar-refractivity contribution in [3.8, 4) is 5.75 Å². The lowest BCUT2D eigenvalue weighted by Gasteiger charge is -2.17. The van der Waals surface area contributed by atoms with E-state index >= 15 is 0 Å². The third-order valence-corrected chi connectivity index (χ3v) is 4.86. The first kappa shape index (κ1) is 23.0.